The van der Waals surface area contributed by atoms with Crippen molar-refractivity contribution < 1.29 is 19.4 Å². The normalized spacial score (nSPS) is 24.2. The van der Waals surface area contributed by atoms with Gasteiger partial charge in [0.1, 0.15) is 0 Å². The monoisotopic (exact) mass is 244 g/mol. The van der Waals surface area contributed by atoms with E-state index in [1.807, 2.05) is 0 Å². The summed E-state index contributed by atoms with van der Waals surface area (Å²) in [4.78, 5) is 20.6. The molecular weight excluding hydrogens is 224 g/mol. The van der Waals surface area contributed by atoms with E-state index in [0.29, 0.717) is 31.9 Å². The number of carboxylic acid groups (broad SMARTS) is 1. The predicted molar refractivity (Wildman–Crippen MR) is 61.7 cm³/mol. The lowest BCUT2D eigenvalue weighted by Gasteiger charge is -2.31. The molecule has 6 nitrogen and oxygen atoms in total. The van der Waals surface area contributed by atoms with Gasteiger partial charge in [-0.25, -0.2) is 0 Å². The van der Waals surface area contributed by atoms with Crippen molar-refractivity contribution in [2.75, 3.05) is 26.2 Å². The number of hydrogen-bond donors (Lipinski definition) is 3. The van der Waals surface area contributed by atoms with Crippen LogP contribution >= 0.6 is 0 Å². The molecule has 1 saturated heterocycles. The highest BCUT2D eigenvalue weighted by atomic mass is 16.5. The SMILES string of the molecule is O=CNCC1CCNCC1OCCCC(=O)O. The third kappa shape index (κ3) is 5.65. The van der Waals surface area contributed by atoms with Gasteiger partial charge in [0.2, 0.25) is 6.41 Å². The summed E-state index contributed by atoms with van der Waals surface area (Å²) in [6.07, 6.45) is 2.38. The first kappa shape index (κ1) is 13.9. The van der Waals surface area contributed by atoms with Crippen LogP contribution < -0.4 is 10.6 Å². The fraction of sp³-hybridized carbons (Fsp3) is 0.818. The van der Waals surface area contributed by atoms with Crippen molar-refractivity contribution in [3.63, 3.8) is 0 Å². The number of piperidine rings is 1. The number of ether oxygens (including phenoxy) is 1. The van der Waals surface area contributed by atoms with E-state index in [4.69, 9.17) is 9.84 Å². The number of carboxylic acids is 1. The van der Waals surface area contributed by atoms with Gasteiger partial charge in [0, 0.05) is 32.0 Å². The summed E-state index contributed by atoms with van der Waals surface area (Å²) in [5.74, 6) is -0.485. The highest BCUT2D eigenvalue weighted by Crippen LogP contribution is 2.15. The maximum absolute atomic E-state index is 10.3. The standard InChI is InChI=1S/C11H20N2O4/c14-8-13-6-9-3-4-12-7-10(9)17-5-1-2-11(15)16/h8-10,12H,1-7H2,(H,13,14)(H,15,16). The van der Waals surface area contributed by atoms with E-state index in [0.717, 1.165) is 19.5 Å². The van der Waals surface area contributed by atoms with E-state index >= 15 is 0 Å². The second kappa shape index (κ2) is 8.03. The van der Waals surface area contributed by atoms with Gasteiger partial charge in [-0.05, 0) is 19.4 Å². The zero-order chi connectivity index (χ0) is 12.5. The Morgan fingerprint density at radius 3 is 3.12 bits per heavy atom. The molecule has 0 saturated carbocycles. The van der Waals surface area contributed by atoms with Crippen molar-refractivity contribution in [2.45, 2.75) is 25.4 Å². The van der Waals surface area contributed by atoms with Crippen LogP contribution in [0, 0.1) is 5.92 Å². The zero-order valence-electron chi connectivity index (χ0n) is 9.85. The summed E-state index contributed by atoms with van der Waals surface area (Å²) in [5, 5.41) is 14.4. The number of hydrogen-bond acceptors (Lipinski definition) is 4. The number of carbonyl (C=O) groups excluding carboxylic acids is 1. The molecule has 98 valence electrons. The van der Waals surface area contributed by atoms with Gasteiger partial charge in [0.15, 0.2) is 0 Å². The Bertz CT molecular complexity index is 248. The van der Waals surface area contributed by atoms with Crippen molar-refractivity contribution in [1.82, 2.24) is 10.6 Å². The van der Waals surface area contributed by atoms with E-state index in [-0.39, 0.29) is 12.5 Å². The van der Waals surface area contributed by atoms with Crippen molar-refractivity contribution in [3.05, 3.63) is 0 Å². The summed E-state index contributed by atoms with van der Waals surface area (Å²) in [5.41, 5.74) is 0. The maximum atomic E-state index is 10.3. The first-order valence-corrected chi connectivity index (χ1v) is 5.95. The number of aliphatic carboxylic acids is 1. The number of amides is 1. The second-order valence-corrected chi connectivity index (χ2v) is 4.19. The van der Waals surface area contributed by atoms with E-state index in [1.54, 1.807) is 0 Å². The van der Waals surface area contributed by atoms with Crippen LogP contribution in [0.4, 0.5) is 0 Å². The second-order valence-electron chi connectivity index (χ2n) is 4.19. The Morgan fingerprint density at radius 2 is 2.41 bits per heavy atom. The van der Waals surface area contributed by atoms with Crippen molar-refractivity contribution in [1.29, 1.82) is 0 Å². The fourth-order valence-electron chi connectivity index (χ4n) is 1.97. The topological polar surface area (TPSA) is 87.7 Å². The van der Waals surface area contributed by atoms with Crippen molar-refractivity contribution in [3.8, 4) is 0 Å². The van der Waals surface area contributed by atoms with Gasteiger partial charge in [-0.3, -0.25) is 9.59 Å². The van der Waals surface area contributed by atoms with Crippen LogP contribution in [0.15, 0.2) is 0 Å². The van der Waals surface area contributed by atoms with E-state index in [2.05, 4.69) is 10.6 Å². The van der Waals surface area contributed by atoms with Crippen LogP contribution in [0.3, 0.4) is 0 Å². The molecule has 1 aliphatic heterocycles. The molecule has 0 spiro atoms. The Hall–Kier alpha value is -1.14. The van der Waals surface area contributed by atoms with Gasteiger partial charge in [-0.2, -0.15) is 0 Å². The molecule has 2 unspecified atom stereocenters. The Morgan fingerprint density at radius 1 is 1.59 bits per heavy atom. The summed E-state index contributed by atoms with van der Waals surface area (Å²) in [6, 6.07) is 0. The van der Waals surface area contributed by atoms with Crippen molar-refractivity contribution >= 4 is 12.4 Å². The van der Waals surface area contributed by atoms with Gasteiger partial charge in [-0.1, -0.05) is 0 Å². The molecule has 0 aromatic carbocycles. The molecule has 0 bridgehead atoms. The van der Waals surface area contributed by atoms with Crippen LogP contribution in [0.5, 0.6) is 0 Å². The van der Waals surface area contributed by atoms with Crippen LogP contribution in [0.25, 0.3) is 0 Å². The van der Waals surface area contributed by atoms with Crippen LogP contribution in [-0.2, 0) is 14.3 Å². The lowest BCUT2D eigenvalue weighted by Crippen LogP contribution is -2.46. The highest BCUT2D eigenvalue weighted by Gasteiger charge is 2.25. The van der Waals surface area contributed by atoms with E-state index < -0.39 is 5.97 Å². The molecule has 0 aromatic heterocycles. The zero-order valence-corrected chi connectivity index (χ0v) is 9.85. The molecule has 1 fully saturated rings. The minimum Gasteiger partial charge on any atom is -0.481 e. The lowest BCUT2D eigenvalue weighted by molar-refractivity contribution is -0.137. The van der Waals surface area contributed by atoms with Gasteiger partial charge in [0.25, 0.3) is 0 Å². The summed E-state index contributed by atoms with van der Waals surface area (Å²) >= 11 is 0. The smallest absolute Gasteiger partial charge is 0.303 e. The molecule has 1 aliphatic rings. The highest BCUT2D eigenvalue weighted by molar-refractivity contribution is 5.66. The first-order chi connectivity index (χ1) is 8.24. The molecule has 1 heterocycles. The minimum atomic E-state index is -0.797. The van der Waals surface area contributed by atoms with Crippen LogP contribution in [0.2, 0.25) is 0 Å². The largest absolute Gasteiger partial charge is 0.481 e. The molecule has 0 radical (unpaired) electrons. The van der Waals surface area contributed by atoms with Crippen LogP contribution in [0.1, 0.15) is 19.3 Å². The van der Waals surface area contributed by atoms with E-state index in [9.17, 15) is 9.59 Å². The fourth-order valence-corrected chi connectivity index (χ4v) is 1.97. The Labute approximate surface area is 101 Å². The average Bonchev–Trinajstić information content (AvgIpc) is 2.33. The van der Waals surface area contributed by atoms with Crippen LogP contribution in [-0.4, -0.2) is 49.8 Å². The van der Waals surface area contributed by atoms with Gasteiger partial charge >= 0.3 is 5.97 Å². The van der Waals surface area contributed by atoms with Gasteiger partial charge in [-0.15, -0.1) is 0 Å². The molecule has 0 aliphatic carbocycles. The number of carbonyl (C=O) groups is 2. The first-order valence-electron chi connectivity index (χ1n) is 5.95. The molecule has 1 rings (SSSR count). The maximum Gasteiger partial charge on any atom is 0.303 e. The minimum absolute atomic E-state index is 0.0602. The molecule has 6 heteroatoms. The van der Waals surface area contributed by atoms with Gasteiger partial charge in [0.05, 0.1) is 6.10 Å². The summed E-state index contributed by atoms with van der Waals surface area (Å²) in [7, 11) is 0. The van der Waals surface area contributed by atoms with Gasteiger partial charge < -0.3 is 20.5 Å². The quantitative estimate of drug-likeness (QED) is 0.399. The molecule has 1 amide bonds. The Kier molecular flexibility index (Phi) is 6.57. The van der Waals surface area contributed by atoms with E-state index in [1.165, 1.54) is 0 Å². The molecule has 0 aromatic rings. The number of rotatable bonds is 8. The molecule has 2 atom stereocenters. The summed E-state index contributed by atoms with van der Waals surface area (Å²) in [6.45, 7) is 2.77. The predicted octanol–water partition coefficient (Wildman–Crippen LogP) is -0.408. The third-order valence-corrected chi connectivity index (χ3v) is 2.89. The summed E-state index contributed by atoms with van der Waals surface area (Å²) < 4.78 is 5.66. The number of nitrogens with one attached hydrogen (secondary N) is 2. The average molecular weight is 244 g/mol. The van der Waals surface area contributed by atoms with Crippen molar-refractivity contribution in [2.24, 2.45) is 5.92 Å². The Balaban J connectivity index is 2.22. The molecule has 3 N–H and O–H groups in total. The molecule has 17 heavy (non-hydrogen) atoms. The third-order valence-electron chi connectivity index (χ3n) is 2.89. The molecular formula is C11H20N2O4. The lowest BCUT2D eigenvalue weighted by atomic mass is 9.95.